The lowest BCUT2D eigenvalue weighted by Gasteiger charge is -2.15. The van der Waals surface area contributed by atoms with Crippen molar-refractivity contribution < 1.29 is 32.5 Å². The van der Waals surface area contributed by atoms with Gasteiger partial charge in [0.15, 0.2) is 0 Å². The molecule has 1 aliphatic rings. The van der Waals surface area contributed by atoms with Crippen molar-refractivity contribution in [3.63, 3.8) is 0 Å². The summed E-state index contributed by atoms with van der Waals surface area (Å²) in [4.78, 5) is 17.9. The molecule has 0 aliphatic carbocycles. The van der Waals surface area contributed by atoms with Crippen molar-refractivity contribution in [2.75, 3.05) is 19.0 Å². The molecule has 2 aromatic heterocycles. The van der Waals surface area contributed by atoms with Gasteiger partial charge < -0.3 is 24.5 Å². The standard InChI is InChI=1S/C25H27ClN6O2.C2HF3O2/c1-3-34-19-10-7-17(8-11-19)20-6-4-5-13-32-24(20)29-25(30-32)28-18-9-12-21(22(14-18)33-2)31-15-23(26)27-16-31;3-2(4,5)1(6)7/h7-12,14-16,20H,3-6,13H2,1-2H3,(H,28,30);(H,6,7). The van der Waals surface area contributed by atoms with E-state index >= 15 is 0 Å². The Labute approximate surface area is 238 Å². The van der Waals surface area contributed by atoms with Gasteiger partial charge in [-0.25, -0.2) is 14.5 Å². The molecule has 3 heterocycles. The molecule has 1 unspecified atom stereocenters. The molecule has 1 atom stereocenters. The molecule has 4 aromatic rings. The number of aryl methyl sites for hydroxylation is 1. The number of imidazole rings is 1. The van der Waals surface area contributed by atoms with E-state index in [1.807, 2.05) is 46.5 Å². The Hall–Kier alpha value is -4.26. The number of anilines is 2. The second kappa shape index (κ2) is 12.9. The Morgan fingerprint density at radius 2 is 1.93 bits per heavy atom. The zero-order chi connectivity index (χ0) is 29.6. The van der Waals surface area contributed by atoms with Gasteiger partial charge in [-0.05, 0) is 49.6 Å². The molecule has 5 rings (SSSR count). The highest BCUT2D eigenvalue weighted by molar-refractivity contribution is 6.29. The van der Waals surface area contributed by atoms with E-state index in [4.69, 9.17) is 41.1 Å². The largest absolute Gasteiger partial charge is 0.494 e. The average Bonchev–Trinajstić information content (AvgIpc) is 3.49. The molecule has 0 saturated carbocycles. The van der Waals surface area contributed by atoms with Crippen molar-refractivity contribution in [2.24, 2.45) is 0 Å². The van der Waals surface area contributed by atoms with Gasteiger partial charge in [0.05, 0.1) is 19.4 Å². The maximum Gasteiger partial charge on any atom is 0.490 e. The first-order valence-electron chi connectivity index (χ1n) is 12.7. The number of benzene rings is 2. The highest BCUT2D eigenvalue weighted by Gasteiger charge is 2.38. The fraction of sp³-hybridized carbons (Fsp3) is 0.333. The molecule has 2 aromatic carbocycles. The number of carboxylic acids is 1. The van der Waals surface area contributed by atoms with Crippen molar-refractivity contribution >= 4 is 29.2 Å². The van der Waals surface area contributed by atoms with Gasteiger partial charge >= 0.3 is 12.1 Å². The Morgan fingerprint density at radius 3 is 2.54 bits per heavy atom. The number of hydrogen-bond donors (Lipinski definition) is 2. The monoisotopic (exact) mass is 592 g/mol. The summed E-state index contributed by atoms with van der Waals surface area (Å²) in [6.45, 7) is 3.52. The van der Waals surface area contributed by atoms with Crippen LogP contribution in [0.5, 0.6) is 11.5 Å². The van der Waals surface area contributed by atoms with E-state index in [-0.39, 0.29) is 5.92 Å². The number of ether oxygens (including phenoxy) is 2. The molecule has 0 bridgehead atoms. The number of methoxy groups -OCH3 is 1. The van der Waals surface area contributed by atoms with Crippen LogP contribution in [0.3, 0.4) is 0 Å². The van der Waals surface area contributed by atoms with Crippen LogP contribution in [0.15, 0.2) is 55.0 Å². The van der Waals surface area contributed by atoms with Crippen LogP contribution >= 0.6 is 11.6 Å². The molecule has 2 N–H and O–H groups in total. The lowest BCUT2D eigenvalue weighted by atomic mass is 9.93. The predicted molar refractivity (Wildman–Crippen MR) is 145 cm³/mol. The zero-order valence-corrected chi connectivity index (χ0v) is 23.0. The molecule has 0 amide bonds. The Balaban J connectivity index is 0.000000493. The van der Waals surface area contributed by atoms with Crippen molar-refractivity contribution in [3.05, 3.63) is 71.5 Å². The highest BCUT2D eigenvalue weighted by atomic mass is 35.5. The first-order valence-corrected chi connectivity index (χ1v) is 13.1. The number of halogens is 4. The fourth-order valence-electron chi connectivity index (χ4n) is 4.38. The lowest BCUT2D eigenvalue weighted by Crippen LogP contribution is -2.21. The number of hydrogen-bond acceptors (Lipinski definition) is 7. The first-order chi connectivity index (χ1) is 19.6. The average molecular weight is 593 g/mol. The van der Waals surface area contributed by atoms with Gasteiger partial charge in [-0.1, -0.05) is 30.2 Å². The van der Waals surface area contributed by atoms with Crippen LogP contribution < -0.4 is 14.8 Å². The number of rotatable bonds is 7. The van der Waals surface area contributed by atoms with Crippen molar-refractivity contribution in [3.8, 4) is 17.2 Å². The molecule has 10 nitrogen and oxygen atoms in total. The van der Waals surface area contributed by atoms with Crippen molar-refractivity contribution in [1.29, 1.82) is 0 Å². The minimum atomic E-state index is -5.08. The molecule has 41 heavy (non-hydrogen) atoms. The molecule has 0 fully saturated rings. The Bertz CT molecular complexity index is 1470. The second-order valence-electron chi connectivity index (χ2n) is 8.99. The van der Waals surface area contributed by atoms with Gasteiger partial charge in [-0.3, -0.25) is 0 Å². The van der Waals surface area contributed by atoms with Gasteiger partial charge in [0.1, 0.15) is 28.8 Å². The van der Waals surface area contributed by atoms with Crippen LogP contribution in [0, 0.1) is 0 Å². The summed E-state index contributed by atoms with van der Waals surface area (Å²) in [6, 6.07) is 14.2. The molecule has 218 valence electrons. The lowest BCUT2D eigenvalue weighted by molar-refractivity contribution is -0.192. The first kappa shape index (κ1) is 29.7. The number of aliphatic carboxylic acids is 1. The summed E-state index contributed by atoms with van der Waals surface area (Å²) in [6.07, 6.45) is 1.58. The molecule has 0 radical (unpaired) electrons. The quantitative estimate of drug-likeness (QED) is 0.260. The van der Waals surface area contributed by atoms with Crippen LogP contribution in [0.2, 0.25) is 5.15 Å². The number of alkyl halides is 3. The minimum Gasteiger partial charge on any atom is -0.494 e. The number of fused-ring (bicyclic) bond motifs is 1. The number of carboxylic acid groups (broad SMARTS) is 1. The third-order valence-electron chi connectivity index (χ3n) is 6.23. The number of nitrogens with zero attached hydrogens (tertiary/aromatic N) is 5. The SMILES string of the molecule is CCOc1ccc(C2CCCCn3nc(Nc4ccc(-n5cnc(Cl)c5)c(OC)c4)nc32)cc1.O=C(O)C(F)(F)F. The van der Waals surface area contributed by atoms with E-state index < -0.39 is 12.1 Å². The van der Waals surface area contributed by atoms with Crippen LogP contribution in [0.4, 0.5) is 24.8 Å². The fourth-order valence-corrected chi connectivity index (χ4v) is 4.52. The number of nitrogens with one attached hydrogen (secondary N) is 1. The summed E-state index contributed by atoms with van der Waals surface area (Å²) >= 11 is 5.97. The van der Waals surface area contributed by atoms with E-state index in [0.717, 1.165) is 48.8 Å². The summed E-state index contributed by atoms with van der Waals surface area (Å²) in [5, 5.41) is 15.7. The van der Waals surface area contributed by atoms with Crippen LogP contribution in [-0.2, 0) is 11.3 Å². The molecular weight excluding hydrogens is 565 g/mol. The zero-order valence-electron chi connectivity index (χ0n) is 22.2. The summed E-state index contributed by atoms with van der Waals surface area (Å²) in [7, 11) is 1.64. The van der Waals surface area contributed by atoms with Crippen molar-refractivity contribution in [2.45, 2.75) is 44.8 Å². The van der Waals surface area contributed by atoms with E-state index in [1.54, 1.807) is 19.6 Å². The smallest absolute Gasteiger partial charge is 0.490 e. The molecule has 1 aliphatic heterocycles. The van der Waals surface area contributed by atoms with Crippen LogP contribution in [0.25, 0.3) is 5.69 Å². The predicted octanol–water partition coefficient (Wildman–Crippen LogP) is 6.22. The molecule has 0 saturated heterocycles. The van der Waals surface area contributed by atoms with E-state index in [1.165, 1.54) is 5.56 Å². The Morgan fingerprint density at radius 1 is 1.20 bits per heavy atom. The van der Waals surface area contributed by atoms with E-state index in [0.29, 0.717) is 23.5 Å². The minimum absolute atomic E-state index is 0.198. The maximum absolute atomic E-state index is 10.6. The van der Waals surface area contributed by atoms with Gasteiger partial charge in [-0.2, -0.15) is 18.2 Å². The highest BCUT2D eigenvalue weighted by Crippen LogP contribution is 2.34. The summed E-state index contributed by atoms with van der Waals surface area (Å²) in [5.41, 5.74) is 2.91. The third kappa shape index (κ3) is 7.48. The van der Waals surface area contributed by atoms with Gasteiger partial charge in [-0.15, -0.1) is 5.10 Å². The molecular formula is C27H28ClF3N6O4. The molecule has 14 heteroatoms. The third-order valence-corrected chi connectivity index (χ3v) is 6.42. The topological polar surface area (TPSA) is 116 Å². The number of aromatic nitrogens is 5. The summed E-state index contributed by atoms with van der Waals surface area (Å²) < 4.78 is 46.8. The Kier molecular flexibility index (Phi) is 9.38. The van der Waals surface area contributed by atoms with E-state index in [2.05, 4.69) is 22.4 Å². The molecule has 0 spiro atoms. The second-order valence-corrected chi connectivity index (χ2v) is 9.37. The summed E-state index contributed by atoms with van der Waals surface area (Å²) in [5.74, 6) is 0.580. The normalized spacial score (nSPS) is 14.7. The van der Waals surface area contributed by atoms with Crippen LogP contribution in [0.1, 0.15) is 43.5 Å². The van der Waals surface area contributed by atoms with Gasteiger partial charge in [0, 0.05) is 30.4 Å². The van der Waals surface area contributed by atoms with Crippen molar-refractivity contribution in [1.82, 2.24) is 24.3 Å². The van der Waals surface area contributed by atoms with E-state index in [9.17, 15) is 13.2 Å². The van der Waals surface area contributed by atoms with Gasteiger partial charge in [0.2, 0.25) is 5.95 Å². The maximum atomic E-state index is 10.6. The van der Waals surface area contributed by atoms with Gasteiger partial charge in [0.25, 0.3) is 0 Å². The number of carbonyl (C=O) groups is 1. The van der Waals surface area contributed by atoms with Crippen LogP contribution in [-0.4, -0.2) is 55.3 Å².